The molecule has 1 aromatic heterocycles. The fourth-order valence-electron chi connectivity index (χ4n) is 2.01. The summed E-state index contributed by atoms with van der Waals surface area (Å²) in [6.07, 6.45) is 0. The third kappa shape index (κ3) is 3.18. The number of hydrogen-bond acceptors (Lipinski definition) is 4. The zero-order valence-corrected chi connectivity index (χ0v) is 12.8. The van der Waals surface area contributed by atoms with E-state index < -0.39 is 0 Å². The van der Waals surface area contributed by atoms with E-state index in [0.29, 0.717) is 17.2 Å². The molecule has 5 heteroatoms. The second kappa shape index (κ2) is 5.91. The molecule has 0 bridgehead atoms. The fourth-order valence-corrected chi connectivity index (χ4v) is 2.01. The Labute approximate surface area is 124 Å². The van der Waals surface area contributed by atoms with Crippen LogP contribution >= 0.6 is 0 Å². The van der Waals surface area contributed by atoms with E-state index in [4.69, 9.17) is 15.9 Å². The van der Waals surface area contributed by atoms with Gasteiger partial charge in [0.15, 0.2) is 0 Å². The molecule has 0 fully saturated rings. The molecule has 2 aromatic rings. The highest BCUT2D eigenvalue weighted by molar-refractivity contribution is 5.98. The van der Waals surface area contributed by atoms with Gasteiger partial charge in [-0.25, -0.2) is 0 Å². The maximum absolute atomic E-state index is 7.70. The van der Waals surface area contributed by atoms with Gasteiger partial charge in [-0.15, -0.1) is 5.10 Å². The molecular weight excluding hydrogens is 264 g/mol. The zero-order chi connectivity index (χ0) is 15.6. The van der Waals surface area contributed by atoms with Crippen LogP contribution in [0.4, 0.5) is 0 Å². The van der Waals surface area contributed by atoms with Crippen molar-refractivity contribution in [2.45, 2.75) is 33.6 Å². The molecule has 0 saturated heterocycles. The molecule has 3 N–H and O–H groups in total. The van der Waals surface area contributed by atoms with E-state index in [2.05, 4.69) is 24.0 Å². The molecule has 110 valence electrons. The Balaban J connectivity index is 2.35. The lowest BCUT2D eigenvalue weighted by atomic mass is 10.0. The number of nitrogens with two attached hydrogens (primary N) is 1. The molecule has 0 amide bonds. The molecule has 0 atom stereocenters. The number of hydrogen-bond donors (Lipinski definition) is 2. The molecule has 5 nitrogen and oxygen atoms in total. The molecule has 0 aliphatic heterocycles. The van der Waals surface area contributed by atoms with Gasteiger partial charge in [0.2, 0.25) is 5.88 Å². The van der Waals surface area contributed by atoms with E-state index in [9.17, 15) is 0 Å². The van der Waals surface area contributed by atoms with Gasteiger partial charge in [-0.2, -0.15) is 5.10 Å². The SMILES string of the molecule is Cc1nnc(Oc2ccc(C(C)C)cc2)c(C(=N)N)c1C. The molecule has 1 aromatic carbocycles. The van der Waals surface area contributed by atoms with E-state index in [1.165, 1.54) is 5.56 Å². The summed E-state index contributed by atoms with van der Waals surface area (Å²) < 4.78 is 5.75. The summed E-state index contributed by atoms with van der Waals surface area (Å²) in [6, 6.07) is 7.80. The first-order chi connectivity index (χ1) is 9.90. The van der Waals surface area contributed by atoms with Crippen LogP contribution in [-0.2, 0) is 0 Å². The van der Waals surface area contributed by atoms with Crippen molar-refractivity contribution in [2.75, 3.05) is 0 Å². The van der Waals surface area contributed by atoms with Crippen molar-refractivity contribution < 1.29 is 4.74 Å². The van der Waals surface area contributed by atoms with Crippen LogP contribution in [0.2, 0.25) is 0 Å². The van der Waals surface area contributed by atoms with Crippen LogP contribution in [0.1, 0.15) is 42.1 Å². The summed E-state index contributed by atoms with van der Waals surface area (Å²) in [5.41, 5.74) is 8.92. The molecule has 0 aliphatic carbocycles. The second-order valence-electron chi connectivity index (χ2n) is 5.33. The number of ether oxygens (including phenoxy) is 1. The summed E-state index contributed by atoms with van der Waals surface area (Å²) >= 11 is 0. The third-order valence-electron chi connectivity index (χ3n) is 3.45. The van der Waals surface area contributed by atoms with Crippen molar-refractivity contribution in [3.05, 3.63) is 46.6 Å². The molecule has 0 unspecified atom stereocenters. The molecule has 2 rings (SSSR count). The largest absolute Gasteiger partial charge is 0.437 e. The number of amidine groups is 1. The van der Waals surface area contributed by atoms with Crippen LogP contribution in [0.3, 0.4) is 0 Å². The molecule has 1 heterocycles. The van der Waals surface area contributed by atoms with E-state index in [1.54, 1.807) is 0 Å². The molecule has 0 aliphatic rings. The minimum absolute atomic E-state index is 0.0701. The molecular formula is C16H20N4O. The number of aromatic nitrogens is 2. The van der Waals surface area contributed by atoms with Crippen LogP contribution in [-0.4, -0.2) is 16.0 Å². The number of aryl methyl sites for hydroxylation is 1. The molecule has 0 spiro atoms. The average molecular weight is 284 g/mol. The van der Waals surface area contributed by atoms with Gasteiger partial charge in [0, 0.05) is 0 Å². The minimum atomic E-state index is -0.0701. The van der Waals surface area contributed by atoms with Gasteiger partial charge < -0.3 is 10.5 Å². The standard InChI is InChI=1S/C16H20N4O/c1-9(2)12-5-7-13(8-6-12)21-16-14(15(17)18)10(3)11(4)19-20-16/h5-9H,1-4H3,(H3,17,18). The van der Waals surface area contributed by atoms with Crippen molar-refractivity contribution in [3.8, 4) is 11.6 Å². The highest BCUT2D eigenvalue weighted by Gasteiger charge is 2.15. The summed E-state index contributed by atoms with van der Waals surface area (Å²) in [6.45, 7) is 7.96. The zero-order valence-electron chi connectivity index (χ0n) is 12.8. The summed E-state index contributed by atoms with van der Waals surface area (Å²) in [7, 11) is 0. The van der Waals surface area contributed by atoms with Gasteiger partial charge in [0.1, 0.15) is 11.6 Å². The Kier molecular flexibility index (Phi) is 4.21. The van der Waals surface area contributed by atoms with Crippen LogP contribution in [0, 0.1) is 19.3 Å². The van der Waals surface area contributed by atoms with Crippen LogP contribution in [0.15, 0.2) is 24.3 Å². The quantitative estimate of drug-likeness (QED) is 0.666. The van der Waals surface area contributed by atoms with Gasteiger partial charge >= 0.3 is 0 Å². The van der Waals surface area contributed by atoms with E-state index in [1.807, 2.05) is 38.1 Å². The van der Waals surface area contributed by atoms with Gasteiger partial charge in [0.05, 0.1) is 11.3 Å². The van der Waals surface area contributed by atoms with Crippen molar-refractivity contribution in [3.63, 3.8) is 0 Å². The number of nitrogens with one attached hydrogen (secondary N) is 1. The van der Waals surface area contributed by atoms with E-state index in [-0.39, 0.29) is 11.7 Å². The molecule has 0 saturated carbocycles. The normalized spacial score (nSPS) is 10.7. The van der Waals surface area contributed by atoms with Gasteiger partial charge in [-0.05, 0) is 43.0 Å². The summed E-state index contributed by atoms with van der Waals surface area (Å²) in [4.78, 5) is 0. The lowest BCUT2D eigenvalue weighted by Crippen LogP contribution is -2.16. The monoisotopic (exact) mass is 284 g/mol. The van der Waals surface area contributed by atoms with Crippen LogP contribution in [0.5, 0.6) is 11.6 Å². The van der Waals surface area contributed by atoms with Crippen molar-refractivity contribution >= 4 is 5.84 Å². The van der Waals surface area contributed by atoms with Gasteiger partial charge in [-0.1, -0.05) is 26.0 Å². The average Bonchev–Trinajstić information content (AvgIpc) is 2.43. The van der Waals surface area contributed by atoms with Crippen molar-refractivity contribution in [1.82, 2.24) is 10.2 Å². The van der Waals surface area contributed by atoms with Gasteiger partial charge in [-0.3, -0.25) is 5.41 Å². The topological polar surface area (TPSA) is 84.9 Å². The Morgan fingerprint density at radius 1 is 1.14 bits per heavy atom. The number of nitrogen functional groups attached to an aromatic ring is 1. The first-order valence-corrected chi connectivity index (χ1v) is 6.86. The van der Waals surface area contributed by atoms with Crippen molar-refractivity contribution in [1.29, 1.82) is 5.41 Å². The predicted octanol–water partition coefficient (Wildman–Crippen LogP) is 3.29. The van der Waals surface area contributed by atoms with Crippen LogP contribution < -0.4 is 10.5 Å². The smallest absolute Gasteiger partial charge is 0.250 e. The van der Waals surface area contributed by atoms with Gasteiger partial charge in [0.25, 0.3) is 0 Å². The minimum Gasteiger partial charge on any atom is -0.437 e. The van der Waals surface area contributed by atoms with E-state index >= 15 is 0 Å². The number of nitrogens with zero attached hydrogens (tertiary/aromatic N) is 2. The number of rotatable bonds is 4. The summed E-state index contributed by atoms with van der Waals surface area (Å²) in [5, 5.41) is 15.8. The molecule has 0 radical (unpaired) electrons. The predicted molar refractivity (Wildman–Crippen MR) is 83.1 cm³/mol. The van der Waals surface area contributed by atoms with Crippen LogP contribution in [0.25, 0.3) is 0 Å². The highest BCUT2D eigenvalue weighted by Crippen LogP contribution is 2.26. The Bertz CT molecular complexity index is 663. The first kappa shape index (κ1) is 15.0. The third-order valence-corrected chi connectivity index (χ3v) is 3.45. The highest BCUT2D eigenvalue weighted by atomic mass is 16.5. The summed E-state index contributed by atoms with van der Waals surface area (Å²) in [5.74, 6) is 1.31. The Morgan fingerprint density at radius 3 is 2.29 bits per heavy atom. The maximum atomic E-state index is 7.70. The lowest BCUT2D eigenvalue weighted by Gasteiger charge is -2.12. The second-order valence-corrected chi connectivity index (χ2v) is 5.33. The first-order valence-electron chi connectivity index (χ1n) is 6.86. The maximum Gasteiger partial charge on any atom is 0.250 e. The Morgan fingerprint density at radius 2 is 1.76 bits per heavy atom. The fraction of sp³-hybridized carbons (Fsp3) is 0.312. The Hall–Kier alpha value is -2.43. The lowest BCUT2D eigenvalue weighted by molar-refractivity contribution is 0.452. The molecule has 21 heavy (non-hydrogen) atoms. The van der Waals surface area contributed by atoms with E-state index in [0.717, 1.165) is 11.3 Å². The van der Waals surface area contributed by atoms with Crippen molar-refractivity contribution in [2.24, 2.45) is 5.73 Å². The number of benzene rings is 1.